The highest BCUT2D eigenvalue weighted by Crippen LogP contribution is 2.30. The molecular formula is C20H36N2O4. The van der Waals surface area contributed by atoms with Crippen molar-refractivity contribution < 1.29 is 19.4 Å². The predicted molar refractivity (Wildman–Crippen MR) is 105 cm³/mol. The Morgan fingerprint density at radius 3 is 2.50 bits per heavy atom. The second-order valence-corrected chi connectivity index (χ2v) is 6.93. The van der Waals surface area contributed by atoms with E-state index in [-0.39, 0.29) is 23.5 Å². The van der Waals surface area contributed by atoms with Gasteiger partial charge in [-0.15, -0.1) is 0 Å². The van der Waals surface area contributed by atoms with Crippen molar-refractivity contribution in [3.8, 4) is 11.5 Å². The SMILES string of the molecule is CC.CC1CC(NC=O)CC(C)(C)OC1C.COc1ccnc(C)c1O. The maximum atomic E-state index is 10.4. The molecule has 0 radical (unpaired) electrons. The van der Waals surface area contributed by atoms with Gasteiger partial charge >= 0.3 is 0 Å². The van der Waals surface area contributed by atoms with Gasteiger partial charge in [-0.1, -0.05) is 20.8 Å². The summed E-state index contributed by atoms with van der Waals surface area (Å²) in [7, 11) is 1.51. The zero-order valence-corrected chi connectivity index (χ0v) is 17.5. The number of aryl methyl sites for hydroxylation is 1. The lowest BCUT2D eigenvalue weighted by Gasteiger charge is -2.28. The lowest BCUT2D eigenvalue weighted by molar-refractivity contribution is -0.110. The average Bonchev–Trinajstić information content (AvgIpc) is 2.68. The second kappa shape index (κ2) is 11.7. The molecule has 1 saturated heterocycles. The summed E-state index contributed by atoms with van der Waals surface area (Å²) >= 11 is 0. The lowest BCUT2D eigenvalue weighted by Crippen LogP contribution is -2.35. The number of nitrogens with zero attached hydrogens (tertiary/aromatic N) is 1. The molecule has 6 nitrogen and oxygen atoms in total. The van der Waals surface area contributed by atoms with Gasteiger partial charge < -0.3 is 19.9 Å². The third-order valence-electron chi connectivity index (χ3n) is 4.29. The Kier molecular flexibility index (Phi) is 10.9. The molecule has 26 heavy (non-hydrogen) atoms. The summed E-state index contributed by atoms with van der Waals surface area (Å²) in [6.07, 6.45) is 4.55. The number of hydrogen-bond acceptors (Lipinski definition) is 5. The number of aromatic hydroxyl groups is 1. The third kappa shape index (κ3) is 8.04. The molecule has 1 aromatic rings. The van der Waals surface area contributed by atoms with Crippen LogP contribution in [0, 0.1) is 12.8 Å². The van der Waals surface area contributed by atoms with Crippen molar-refractivity contribution in [3.05, 3.63) is 18.0 Å². The summed E-state index contributed by atoms with van der Waals surface area (Å²) < 4.78 is 10.8. The molecule has 6 heteroatoms. The van der Waals surface area contributed by atoms with Crippen molar-refractivity contribution in [2.24, 2.45) is 5.92 Å². The van der Waals surface area contributed by atoms with Gasteiger partial charge in [0.15, 0.2) is 11.5 Å². The molecule has 150 valence electrons. The third-order valence-corrected chi connectivity index (χ3v) is 4.29. The molecule has 0 saturated carbocycles. The Morgan fingerprint density at radius 2 is 2.00 bits per heavy atom. The quantitative estimate of drug-likeness (QED) is 0.792. The van der Waals surface area contributed by atoms with Gasteiger partial charge in [0.25, 0.3) is 0 Å². The van der Waals surface area contributed by atoms with Crippen molar-refractivity contribution in [2.45, 2.75) is 79.1 Å². The van der Waals surface area contributed by atoms with Crippen LogP contribution in [0.1, 0.15) is 60.1 Å². The molecule has 2 N–H and O–H groups in total. The van der Waals surface area contributed by atoms with Crippen LogP contribution in [0.4, 0.5) is 0 Å². The fourth-order valence-electron chi connectivity index (χ4n) is 2.91. The standard InChI is InChI=1S/C11H21NO2.C7H9NO2.C2H6/c1-8-5-10(12-7-13)6-11(3,4)14-9(8)2;1-5-7(9)6(10-2)3-4-8-5;1-2/h7-10H,5-6H2,1-4H3,(H,12,13);3-4,9H,1-2H3;1-2H3. The van der Waals surface area contributed by atoms with Crippen LogP contribution < -0.4 is 10.1 Å². The molecular weight excluding hydrogens is 332 g/mol. The van der Waals surface area contributed by atoms with E-state index in [1.807, 2.05) is 13.8 Å². The first kappa shape index (κ1) is 24.2. The highest BCUT2D eigenvalue weighted by molar-refractivity contribution is 5.46. The van der Waals surface area contributed by atoms with Crippen LogP contribution in [0.5, 0.6) is 11.5 Å². The molecule has 1 amide bonds. The Hall–Kier alpha value is -1.82. The molecule has 1 aromatic heterocycles. The van der Waals surface area contributed by atoms with Gasteiger partial charge in [-0.3, -0.25) is 9.78 Å². The van der Waals surface area contributed by atoms with E-state index in [0.29, 0.717) is 17.4 Å². The number of ether oxygens (including phenoxy) is 2. The Morgan fingerprint density at radius 1 is 1.38 bits per heavy atom. The molecule has 3 unspecified atom stereocenters. The number of rotatable bonds is 3. The van der Waals surface area contributed by atoms with E-state index in [1.54, 1.807) is 19.2 Å². The molecule has 3 atom stereocenters. The van der Waals surface area contributed by atoms with Gasteiger partial charge in [-0.05, 0) is 46.5 Å². The molecule has 2 rings (SSSR count). The van der Waals surface area contributed by atoms with Crippen molar-refractivity contribution in [1.82, 2.24) is 10.3 Å². The van der Waals surface area contributed by atoms with E-state index in [1.165, 1.54) is 7.11 Å². The Balaban J connectivity index is 0.000000458. The minimum absolute atomic E-state index is 0.116. The fourth-order valence-corrected chi connectivity index (χ4v) is 2.91. The molecule has 1 aliphatic rings. The van der Waals surface area contributed by atoms with E-state index in [0.717, 1.165) is 19.3 Å². The monoisotopic (exact) mass is 368 g/mol. The average molecular weight is 369 g/mol. The number of hydrogen-bond donors (Lipinski definition) is 2. The largest absolute Gasteiger partial charge is 0.503 e. The number of carbonyl (C=O) groups excluding carboxylic acids is 1. The van der Waals surface area contributed by atoms with Gasteiger partial charge in [0, 0.05) is 18.3 Å². The first-order valence-electron chi connectivity index (χ1n) is 9.26. The summed E-state index contributed by atoms with van der Waals surface area (Å²) in [6, 6.07) is 1.87. The predicted octanol–water partition coefficient (Wildman–Crippen LogP) is 3.85. The van der Waals surface area contributed by atoms with Crippen LogP contribution in [0.15, 0.2) is 12.3 Å². The topological polar surface area (TPSA) is 80.7 Å². The number of nitrogens with one attached hydrogen (secondary N) is 1. The normalized spacial score (nSPS) is 23.9. The first-order valence-corrected chi connectivity index (χ1v) is 9.26. The van der Waals surface area contributed by atoms with Crippen molar-refractivity contribution in [2.75, 3.05) is 7.11 Å². The minimum atomic E-state index is -0.134. The molecule has 1 fully saturated rings. The van der Waals surface area contributed by atoms with Gasteiger partial charge in [-0.2, -0.15) is 0 Å². The van der Waals surface area contributed by atoms with E-state index in [9.17, 15) is 9.90 Å². The number of carbonyl (C=O) groups is 1. The number of aromatic nitrogens is 1. The van der Waals surface area contributed by atoms with Crippen LogP contribution >= 0.6 is 0 Å². The minimum Gasteiger partial charge on any atom is -0.503 e. The summed E-state index contributed by atoms with van der Waals surface area (Å²) in [5.74, 6) is 1.08. The number of pyridine rings is 1. The summed E-state index contributed by atoms with van der Waals surface area (Å²) in [5.41, 5.74) is 0.449. The van der Waals surface area contributed by atoms with Crippen molar-refractivity contribution >= 4 is 6.41 Å². The van der Waals surface area contributed by atoms with Crippen LogP contribution in [-0.4, -0.2) is 41.4 Å². The molecule has 1 aliphatic heterocycles. The first-order chi connectivity index (χ1) is 12.2. The van der Waals surface area contributed by atoms with E-state index in [4.69, 9.17) is 9.47 Å². The van der Waals surface area contributed by atoms with Crippen molar-refractivity contribution in [3.63, 3.8) is 0 Å². The van der Waals surface area contributed by atoms with Crippen LogP contribution in [0.25, 0.3) is 0 Å². The van der Waals surface area contributed by atoms with Crippen LogP contribution in [0.2, 0.25) is 0 Å². The number of methoxy groups -OCH3 is 1. The highest BCUT2D eigenvalue weighted by Gasteiger charge is 2.33. The van der Waals surface area contributed by atoms with Crippen molar-refractivity contribution in [1.29, 1.82) is 0 Å². The number of amides is 1. The summed E-state index contributed by atoms with van der Waals surface area (Å²) in [4.78, 5) is 14.3. The summed E-state index contributed by atoms with van der Waals surface area (Å²) in [6.45, 7) is 14.2. The van der Waals surface area contributed by atoms with E-state index < -0.39 is 0 Å². The van der Waals surface area contributed by atoms with Crippen LogP contribution in [0.3, 0.4) is 0 Å². The molecule has 0 aromatic carbocycles. The smallest absolute Gasteiger partial charge is 0.207 e. The molecule has 0 bridgehead atoms. The fraction of sp³-hybridized carbons (Fsp3) is 0.700. The van der Waals surface area contributed by atoms with E-state index >= 15 is 0 Å². The van der Waals surface area contributed by atoms with Gasteiger partial charge in [-0.25, -0.2) is 0 Å². The van der Waals surface area contributed by atoms with Crippen LogP contribution in [-0.2, 0) is 9.53 Å². The van der Waals surface area contributed by atoms with Gasteiger partial charge in [0.1, 0.15) is 0 Å². The molecule has 0 aliphatic carbocycles. The summed E-state index contributed by atoms with van der Waals surface area (Å²) in [5, 5.41) is 12.1. The van der Waals surface area contributed by atoms with Gasteiger partial charge in [0.05, 0.1) is 24.5 Å². The maximum Gasteiger partial charge on any atom is 0.207 e. The molecule has 0 spiro atoms. The zero-order chi connectivity index (χ0) is 20.3. The zero-order valence-electron chi connectivity index (χ0n) is 17.5. The Labute approximate surface area is 158 Å². The second-order valence-electron chi connectivity index (χ2n) is 6.93. The van der Waals surface area contributed by atoms with E-state index in [2.05, 4.69) is 38.0 Å². The Bertz CT molecular complexity index is 535. The van der Waals surface area contributed by atoms with Gasteiger partial charge in [0.2, 0.25) is 6.41 Å². The lowest BCUT2D eigenvalue weighted by atomic mass is 9.93. The molecule has 2 heterocycles. The maximum absolute atomic E-state index is 10.4. The highest BCUT2D eigenvalue weighted by atomic mass is 16.5.